The van der Waals surface area contributed by atoms with Crippen LogP contribution in [0.4, 0.5) is 5.69 Å². The first kappa shape index (κ1) is 22.5. The molecule has 0 heterocycles. The van der Waals surface area contributed by atoms with Crippen LogP contribution >= 0.6 is 11.6 Å². The lowest BCUT2D eigenvalue weighted by Gasteiger charge is -2.04. The summed E-state index contributed by atoms with van der Waals surface area (Å²) in [6.45, 7) is 0. The van der Waals surface area contributed by atoms with Gasteiger partial charge in [-0.1, -0.05) is 41.9 Å². The van der Waals surface area contributed by atoms with Gasteiger partial charge < -0.3 is 10.1 Å². The molecule has 0 spiro atoms. The van der Waals surface area contributed by atoms with Gasteiger partial charge in [-0.2, -0.15) is 5.10 Å². The van der Waals surface area contributed by atoms with E-state index >= 15 is 0 Å². The number of nitrogens with one attached hydrogen (secondary N) is 2. The number of anilines is 1. The van der Waals surface area contributed by atoms with Crippen molar-refractivity contribution < 1.29 is 19.1 Å². The molecule has 0 bridgehead atoms. The maximum atomic E-state index is 11.9. The fourth-order valence-corrected chi connectivity index (χ4v) is 2.56. The van der Waals surface area contributed by atoms with Gasteiger partial charge in [-0.3, -0.25) is 9.59 Å². The van der Waals surface area contributed by atoms with Crippen molar-refractivity contribution in [3.05, 3.63) is 101 Å². The Balaban J connectivity index is 1.46. The van der Waals surface area contributed by atoms with Gasteiger partial charge in [-0.15, -0.1) is 0 Å². The van der Waals surface area contributed by atoms with E-state index in [9.17, 15) is 14.4 Å². The molecule has 0 aliphatic rings. The third kappa shape index (κ3) is 7.23. The quantitative estimate of drug-likeness (QED) is 0.149. The van der Waals surface area contributed by atoms with Crippen molar-refractivity contribution in [3.8, 4) is 5.75 Å². The van der Waals surface area contributed by atoms with Crippen molar-refractivity contribution in [1.29, 1.82) is 0 Å². The number of carbonyl (C=O) groups is 3. The number of rotatable bonds is 6. The van der Waals surface area contributed by atoms with Crippen LogP contribution < -0.4 is 15.5 Å². The number of benzene rings is 3. The number of hydrogen-bond donors (Lipinski definition) is 2. The van der Waals surface area contributed by atoms with Gasteiger partial charge >= 0.3 is 17.8 Å². The Bertz CT molecular complexity index is 1140. The molecule has 0 unspecified atom stereocenters. The monoisotopic (exact) mass is 447 g/mol. The Hall–Kier alpha value is -4.23. The van der Waals surface area contributed by atoms with Gasteiger partial charge in [-0.05, 0) is 65.7 Å². The first-order valence-electron chi connectivity index (χ1n) is 9.44. The summed E-state index contributed by atoms with van der Waals surface area (Å²) in [6.07, 6.45) is 4.36. The third-order valence-corrected chi connectivity index (χ3v) is 4.25. The number of hydrazone groups is 1. The van der Waals surface area contributed by atoms with E-state index < -0.39 is 17.8 Å². The molecule has 0 aliphatic heterocycles. The number of carbonyl (C=O) groups excluding carboxylic acids is 3. The second-order valence-electron chi connectivity index (χ2n) is 6.39. The van der Waals surface area contributed by atoms with Crippen LogP contribution in [-0.2, 0) is 14.4 Å². The SMILES string of the molecule is O=C(/C=C/c1ccccc1)Oc1ccc(/C=N/NC(=O)C(=O)Nc2ccc(Cl)cc2)cc1. The molecule has 32 heavy (non-hydrogen) atoms. The molecular weight excluding hydrogens is 430 g/mol. The Morgan fingerprint density at radius 1 is 0.812 bits per heavy atom. The Labute approximate surface area is 189 Å². The molecule has 3 rings (SSSR count). The standard InChI is InChI=1S/C24H18ClN3O4/c25-19-9-11-20(12-10-19)27-23(30)24(31)28-26-16-18-6-13-21(14-7-18)32-22(29)15-8-17-4-2-1-3-5-17/h1-16H,(H,27,30)(H,28,31)/b15-8+,26-16+. The molecular formula is C24H18ClN3O4. The van der Waals surface area contributed by atoms with Gasteiger partial charge in [0, 0.05) is 16.8 Å². The fraction of sp³-hybridized carbons (Fsp3) is 0. The van der Waals surface area contributed by atoms with Gasteiger partial charge in [0.1, 0.15) is 5.75 Å². The Morgan fingerprint density at radius 3 is 2.19 bits per heavy atom. The number of esters is 1. The van der Waals surface area contributed by atoms with Crippen LogP contribution in [0.5, 0.6) is 5.75 Å². The molecule has 0 saturated carbocycles. The van der Waals surface area contributed by atoms with Crippen LogP contribution in [-0.4, -0.2) is 24.0 Å². The zero-order valence-corrected chi connectivity index (χ0v) is 17.5. The van der Waals surface area contributed by atoms with Gasteiger partial charge in [0.05, 0.1) is 6.21 Å². The van der Waals surface area contributed by atoms with E-state index in [4.69, 9.17) is 16.3 Å². The molecule has 2 N–H and O–H groups in total. The maximum absolute atomic E-state index is 11.9. The van der Waals surface area contributed by atoms with Crippen LogP contribution in [0.2, 0.25) is 5.02 Å². The molecule has 0 fully saturated rings. The molecule has 3 aromatic carbocycles. The highest BCUT2D eigenvalue weighted by Gasteiger charge is 2.12. The summed E-state index contributed by atoms with van der Waals surface area (Å²) in [5, 5.41) is 6.69. The molecule has 0 saturated heterocycles. The number of halogens is 1. The largest absolute Gasteiger partial charge is 0.423 e. The van der Waals surface area contributed by atoms with Crippen LogP contribution in [0.15, 0.2) is 90.0 Å². The highest BCUT2D eigenvalue weighted by molar-refractivity contribution is 6.39. The van der Waals surface area contributed by atoms with Crippen LogP contribution in [0.1, 0.15) is 11.1 Å². The van der Waals surface area contributed by atoms with E-state index in [1.807, 2.05) is 30.3 Å². The number of hydrogen-bond acceptors (Lipinski definition) is 5. The summed E-state index contributed by atoms with van der Waals surface area (Å²) in [4.78, 5) is 35.6. The van der Waals surface area contributed by atoms with Gasteiger partial charge in [0.15, 0.2) is 0 Å². The molecule has 7 nitrogen and oxygen atoms in total. The molecule has 0 atom stereocenters. The maximum Gasteiger partial charge on any atom is 0.336 e. The fourth-order valence-electron chi connectivity index (χ4n) is 2.44. The van der Waals surface area contributed by atoms with Gasteiger partial charge in [0.2, 0.25) is 0 Å². The van der Waals surface area contributed by atoms with E-state index in [1.54, 1.807) is 54.6 Å². The summed E-state index contributed by atoms with van der Waals surface area (Å²) in [7, 11) is 0. The number of ether oxygens (including phenoxy) is 1. The van der Waals surface area contributed by atoms with Crippen molar-refractivity contribution in [2.45, 2.75) is 0 Å². The molecule has 0 aromatic heterocycles. The van der Waals surface area contributed by atoms with Crippen LogP contribution in [0, 0.1) is 0 Å². The molecule has 2 amide bonds. The summed E-state index contributed by atoms with van der Waals surface area (Å²) >= 11 is 5.77. The molecule has 8 heteroatoms. The predicted molar refractivity (Wildman–Crippen MR) is 123 cm³/mol. The number of nitrogens with zero attached hydrogens (tertiary/aromatic N) is 1. The van der Waals surface area contributed by atoms with Gasteiger partial charge in [0.25, 0.3) is 0 Å². The van der Waals surface area contributed by atoms with Crippen molar-refractivity contribution in [1.82, 2.24) is 5.43 Å². The summed E-state index contributed by atoms with van der Waals surface area (Å²) in [5.74, 6) is -1.94. The summed E-state index contributed by atoms with van der Waals surface area (Å²) in [6, 6.07) is 22.2. The average Bonchev–Trinajstić information content (AvgIpc) is 2.81. The zero-order chi connectivity index (χ0) is 22.8. The van der Waals surface area contributed by atoms with Crippen molar-refractivity contribution >= 4 is 47.4 Å². The minimum atomic E-state index is -0.924. The first-order chi connectivity index (χ1) is 15.5. The van der Waals surface area contributed by atoms with Crippen LogP contribution in [0.25, 0.3) is 6.08 Å². The Morgan fingerprint density at radius 2 is 1.50 bits per heavy atom. The van der Waals surface area contributed by atoms with Crippen molar-refractivity contribution in [2.24, 2.45) is 5.10 Å². The lowest BCUT2D eigenvalue weighted by Crippen LogP contribution is -2.32. The first-order valence-corrected chi connectivity index (χ1v) is 9.82. The smallest absolute Gasteiger partial charge is 0.336 e. The molecule has 0 radical (unpaired) electrons. The van der Waals surface area contributed by atoms with Crippen LogP contribution in [0.3, 0.4) is 0 Å². The lowest BCUT2D eigenvalue weighted by atomic mass is 10.2. The molecule has 3 aromatic rings. The normalized spacial score (nSPS) is 10.8. The molecule has 160 valence electrons. The van der Waals surface area contributed by atoms with E-state index in [-0.39, 0.29) is 0 Å². The van der Waals surface area contributed by atoms with E-state index in [1.165, 1.54) is 12.3 Å². The number of amides is 2. The highest BCUT2D eigenvalue weighted by atomic mass is 35.5. The zero-order valence-electron chi connectivity index (χ0n) is 16.7. The lowest BCUT2D eigenvalue weighted by molar-refractivity contribution is -0.136. The predicted octanol–water partition coefficient (Wildman–Crippen LogP) is 4.05. The Kier molecular flexibility index (Phi) is 7.89. The van der Waals surface area contributed by atoms with Gasteiger partial charge in [-0.25, -0.2) is 10.2 Å². The van der Waals surface area contributed by atoms with Crippen molar-refractivity contribution in [3.63, 3.8) is 0 Å². The second-order valence-corrected chi connectivity index (χ2v) is 6.83. The second kappa shape index (κ2) is 11.2. The minimum Gasteiger partial charge on any atom is -0.423 e. The summed E-state index contributed by atoms with van der Waals surface area (Å²) in [5.41, 5.74) is 4.09. The summed E-state index contributed by atoms with van der Waals surface area (Å²) < 4.78 is 5.23. The molecule has 0 aliphatic carbocycles. The van der Waals surface area contributed by atoms with E-state index in [0.717, 1.165) is 5.56 Å². The van der Waals surface area contributed by atoms with Crippen molar-refractivity contribution in [2.75, 3.05) is 5.32 Å². The average molecular weight is 448 g/mol. The topological polar surface area (TPSA) is 96.9 Å². The third-order valence-electron chi connectivity index (χ3n) is 4.00. The van der Waals surface area contributed by atoms with E-state index in [0.29, 0.717) is 22.0 Å². The minimum absolute atomic E-state index is 0.358. The van der Waals surface area contributed by atoms with E-state index in [2.05, 4.69) is 15.8 Å². The highest BCUT2D eigenvalue weighted by Crippen LogP contribution is 2.13.